The van der Waals surface area contributed by atoms with Crippen molar-refractivity contribution in [3.05, 3.63) is 16.5 Å². The van der Waals surface area contributed by atoms with Crippen LogP contribution in [0.25, 0.3) is 0 Å². The van der Waals surface area contributed by atoms with Crippen molar-refractivity contribution in [3.63, 3.8) is 0 Å². The number of aliphatic carboxylic acids is 1. The van der Waals surface area contributed by atoms with Crippen LogP contribution in [0.2, 0.25) is 0 Å². The molecule has 7 heteroatoms. The number of rotatable bonds is 5. The topological polar surface area (TPSA) is 83.5 Å². The van der Waals surface area contributed by atoms with E-state index < -0.39 is 22.0 Å². The van der Waals surface area contributed by atoms with E-state index in [4.69, 9.17) is 5.11 Å². The van der Waals surface area contributed by atoms with Gasteiger partial charge in [-0.2, -0.15) is 4.72 Å². The molecule has 0 aliphatic rings. The molecule has 0 fully saturated rings. The van der Waals surface area contributed by atoms with Crippen molar-refractivity contribution in [2.45, 2.75) is 37.9 Å². The first kappa shape index (κ1) is 15.1. The Morgan fingerprint density at radius 2 is 1.94 bits per heavy atom. The second-order valence-corrected chi connectivity index (χ2v) is 7.68. The third-order valence-corrected chi connectivity index (χ3v) is 5.69. The SMILES string of the molecule is Cc1cc(S(=O)(=O)N[C@@H](C(=O)O)C(C)C)sc1C. The molecule has 2 N–H and O–H groups in total. The van der Waals surface area contributed by atoms with E-state index in [2.05, 4.69) is 4.72 Å². The Hall–Kier alpha value is -0.920. The van der Waals surface area contributed by atoms with Gasteiger partial charge in [0.25, 0.3) is 10.0 Å². The fourth-order valence-electron chi connectivity index (χ4n) is 1.37. The lowest BCUT2D eigenvalue weighted by atomic mass is 10.1. The number of sulfonamides is 1. The Bertz CT molecular complexity index is 526. The van der Waals surface area contributed by atoms with Crippen LogP contribution in [0.1, 0.15) is 24.3 Å². The Kier molecular flexibility index (Phi) is 4.52. The Morgan fingerprint density at radius 3 is 2.28 bits per heavy atom. The molecule has 1 atom stereocenters. The second-order valence-electron chi connectivity index (χ2n) is 4.49. The largest absolute Gasteiger partial charge is 0.480 e. The third-order valence-electron chi connectivity index (χ3n) is 2.62. The highest BCUT2D eigenvalue weighted by atomic mass is 32.2. The highest BCUT2D eigenvalue weighted by molar-refractivity contribution is 7.91. The van der Waals surface area contributed by atoms with Crippen molar-refractivity contribution >= 4 is 27.3 Å². The molecule has 0 aliphatic carbocycles. The summed E-state index contributed by atoms with van der Waals surface area (Å²) in [5, 5.41) is 8.99. The maximum Gasteiger partial charge on any atom is 0.322 e. The third kappa shape index (κ3) is 3.30. The summed E-state index contributed by atoms with van der Waals surface area (Å²) in [6, 6.07) is 0.444. The zero-order chi connectivity index (χ0) is 14.1. The number of nitrogens with one attached hydrogen (secondary N) is 1. The fourth-order valence-corrected chi connectivity index (χ4v) is 4.24. The lowest BCUT2D eigenvalue weighted by molar-refractivity contribution is -0.140. The molecule has 0 aromatic carbocycles. The normalized spacial score (nSPS) is 13.8. The molecule has 1 aromatic rings. The van der Waals surface area contributed by atoms with Crippen LogP contribution in [0.15, 0.2) is 10.3 Å². The molecule has 0 bridgehead atoms. The number of carboxylic acids is 1. The van der Waals surface area contributed by atoms with Crippen molar-refractivity contribution in [2.75, 3.05) is 0 Å². The van der Waals surface area contributed by atoms with Crippen LogP contribution in [-0.2, 0) is 14.8 Å². The van der Waals surface area contributed by atoms with Gasteiger partial charge in [0.15, 0.2) is 0 Å². The van der Waals surface area contributed by atoms with E-state index in [0.717, 1.165) is 21.8 Å². The molecule has 0 amide bonds. The second kappa shape index (κ2) is 5.38. The maximum atomic E-state index is 12.1. The average molecular weight is 291 g/mol. The fraction of sp³-hybridized carbons (Fsp3) is 0.545. The van der Waals surface area contributed by atoms with Gasteiger partial charge in [-0.1, -0.05) is 13.8 Å². The van der Waals surface area contributed by atoms with Crippen LogP contribution in [0.5, 0.6) is 0 Å². The van der Waals surface area contributed by atoms with E-state index in [0.29, 0.717) is 0 Å². The molecule has 0 radical (unpaired) electrons. The summed E-state index contributed by atoms with van der Waals surface area (Å²) in [5.41, 5.74) is 0.886. The summed E-state index contributed by atoms with van der Waals surface area (Å²) in [6.45, 7) is 6.97. The number of hydrogen-bond acceptors (Lipinski definition) is 4. The van der Waals surface area contributed by atoms with E-state index in [1.54, 1.807) is 19.9 Å². The first-order valence-corrected chi connectivity index (χ1v) is 7.77. The van der Waals surface area contributed by atoms with Gasteiger partial charge in [-0.3, -0.25) is 4.79 Å². The van der Waals surface area contributed by atoms with Gasteiger partial charge in [0.1, 0.15) is 10.3 Å². The van der Waals surface area contributed by atoms with E-state index in [1.807, 2.05) is 13.8 Å². The summed E-state index contributed by atoms with van der Waals surface area (Å²) >= 11 is 1.14. The number of aryl methyl sites for hydroxylation is 2. The Balaban J connectivity index is 3.04. The quantitative estimate of drug-likeness (QED) is 0.865. The summed E-state index contributed by atoms with van der Waals surface area (Å²) in [4.78, 5) is 11.9. The van der Waals surface area contributed by atoms with Crippen LogP contribution < -0.4 is 4.72 Å². The minimum atomic E-state index is -3.76. The van der Waals surface area contributed by atoms with E-state index in [1.165, 1.54) is 0 Å². The maximum absolute atomic E-state index is 12.1. The van der Waals surface area contributed by atoms with Gasteiger partial charge in [-0.25, -0.2) is 8.42 Å². The van der Waals surface area contributed by atoms with Crippen LogP contribution >= 0.6 is 11.3 Å². The molecular weight excluding hydrogens is 274 g/mol. The predicted octanol–water partition coefficient (Wildman–Crippen LogP) is 1.75. The van der Waals surface area contributed by atoms with Gasteiger partial charge in [-0.15, -0.1) is 11.3 Å². The van der Waals surface area contributed by atoms with E-state index in [-0.39, 0.29) is 10.1 Å². The van der Waals surface area contributed by atoms with Crippen molar-refractivity contribution in [1.29, 1.82) is 0 Å². The zero-order valence-electron chi connectivity index (χ0n) is 10.7. The molecule has 0 saturated heterocycles. The van der Waals surface area contributed by atoms with E-state index >= 15 is 0 Å². The molecule has 0 spiro atoms. The van der Waals surface area contributed by atoms with Crippen LogP contribution in [0.3, 0.4) is 0 Å². The first-order valence-electron chi connectivity index (χ1n) is 5.47. The minimum Gasteiger partial charge on any atom is -0.480 e. The zero-order valence-corrected chi connectivity index (χ0v) is 12.4. The summed E-state index contributed by atoms with van der Waals surface area (Å²) in [7, 11) is -3.76. The monoisotopic (exact) mass is 291 g/mol. The summed E-state index contributed by atoms with van der Waals surface area (Å²) in [5.74, 6) is -1.49. The standard InChI is InChI=1S/C11H17NO4S2/c1-6(2)10(11(13)14)12-18(15,16)9-5-7(3)8(4)17-9/h5-6,10,12H,1-4H3,(H,13,14)/t10-/m1/s1. The molecule has 0 saturated carbocycles. The molecule has 18 heavy (non-hydrogen) atoms. The number of hydrogen-bond donors (Lipinski definition) is 2. The van der Waals surface area contributed by atoms with Crippen LogP contribution in [-0.4, -0.2) is 25.5 Å². The molecule has 1 rings (SSSR count). The molecule has 1 heterocycles. The average Bonchev–Trinajstić information content (AvgIpc) is 2.56. The van der Waals surface area contributed by atoms with Crippen LogP contribution in [0.4, 0.5) is 0 Å². The first-order chi connectivity index (χ1) is 8.15. The molecule has 0 aliphatic heterocycles. The van der Waals surface area contributed by atoms with Gasteiger partial charge in [0.05, 0.1) is 0 Å². The molecule has 102 valence electrons. The number of carboxylic acid groups (broad SMARTS) is 1. The van der Waals surface area contributed by atoms with Crippen molar-refractivity contribution in [2.24, 2.45) is 5.92 Å². The minimum absolute atomic E-state index is 0.157. The molecule has 1 aromatic heterocycles. The highest BCUT2D eigenvalue weighted by Gasteiger charge is 2.29. The van der Waals surface area contributed by atoms with Gasteiger partial charge < -0.3 is 5.11 Å². The molecule has 0 unspecified atom stereocenters. The van der Waals surface area contributed by atoms with Gasteiger partial charge >= 0.3 is 5.97 Å². The van der Waals surface area contributed by atoms with E-state index in [9.17, 15) is 13.2 Å². The predicted molar refractivity (Wildman–Crippen MR) is 70.4 cm³/mol. The van der Waals surface area contributed by atoms with Crippen molar-refractivity contribution < 1.29 is 18.3 Å². The van der Waals surface area contributed by atoms with Crippen LogP contribution in [0, 0.1) is 19.8 Å². The highest BCUT2D eigenvalue weighted by Crippen LogP contribution is 2.25. The Labute approximate surface area is 111 Å². The molecule has 5 nitrogen and oxygen atoms in total. The summed E-state index contributed by atoms with van der Waals surface area (Å²) in [6.07, 6.45) is 0. The van der Waals surface area contributed by atoms with Crippen molar-refractivity contribution in [1.82, 2.24) is 4.72 Å². The van der Waals surface area contributed by atoms with Gasteiger partial charge in [-0.05, 0) is 31.4 Å². The van der Waals surface area contributed by atoms with Crippen molar-refractivity contribution in [3.8, 4) is 0 Å². The lowest BCUT2D eigenvalue weighted by Crippen LogP contribution is -2.43. The van der Waals surface area contributed by atoms with Gasteiger partial charge in [0, 0.05) is 4.88 Å². The smallest absolute Gasteiger partial charge is 0.322 e. The number of thiophene rings is 1. The molecular formula is C11H17NO4S2. The van der Waals surface area contributed by atoms with Gasteiger partial charge in [0.2, 0.25) is 0 Å². The lowest BCUT2D eigenvalue weighted by Gasteiger charge is -2.17. The Morgan fingerprint density at radius 1 is 1.39 bits per heavy atom. The summed E-state index contributed by atoms with van der Waals surface area (Å²) < 4.78 is 26.5. The number of carbonyl (C=O) groups is 1.